The summed E-state index contributed by atoms with van der Waals surface area (Å²) in [5, 5.41) is 8.56. The number of hydrogen-bond donors (Lipinski definition) is 1. The fourth-order valence-electron chi connectivity index (χ4n) is 2.62. The predicted molar refractivity (Wildman–Crippen MR) is 79.2 cm³/mol. The van der Waals surface area contributed by atoms with E-state index in [0.29, 0.717) is 21.8 Å². The van der Waals surface area contributed by atoms with Gasteiger partial charge < -0.3 is 9.84 Å². The number of halogens is 2. The predicted octanol–water partition coefficient (Wildman–Crippen LogP) is 3.68. The molecular weight excluding hydrogens is 297 g/mol. The molecule has 2 aromatic rings. The van der Waals surface area contributed by atoms with Crippen molar-refractivity contribution in [2.75, 3.05) is 13.1 Å². The van der Waals surface area contributed by atoms with Gasteiger partial charge in [-0.25, -0.2) is 0 Å². The van der Waals surface area contributed by atoms with Gasteiger partial charge in [-0.3, -0.25) is 0 Å². The van der Waals surface area contributed by atoms with Gasteiger partial charge in [-0.15, -0.1) is 0 Å². The van der Waals surface area contributed by atoms with Gasteiger partial charge in [0, 0.05) is 22.2 Å². The second-order valence-electron chi connectivity index (χ2n) is 5.14. The molecule has 1 fully saturated rings. The summed E-state index contributed by atoms with van der Waals surface area (Å²) >= 11 is 12.0. The van der Waals surface area contributed by atoms with Gasteiger partial charge in [0.05, 0.1) is 5.41 Å². The van der Waals surface area contributed by atoms with E-state index in [1.54, 1.807) is 18.2 Å². The molecule has 20 heavy (non-hydrogen) atoms. The zero-order valence-corrected chi connectivity index (χ0v) is 12.6. The van der Waals surface area contributed by atoms with Crippen molar-refractivity contribution in [2.24, 2.45) is 0 Å². The lowest BCUT2D eigenvalue weighted by atomic mass is 9.84. The minimum atomic E-state index is -0.0480. The first-order chi connectivity index (χ1) is 9.63. The normalized spacial score (nSPS) is 22.4. The van der Waals surface area contributed by atoms with Crippen molar-refractivity contribution in [1.29, 1.82) is 0 Å². The molecule has 1 aromatic carbocycles. The van der Waals surface area contributed by atoms with Gasteiger partial charge in [-0.2, -0.15) is 4.98 Å². The molecule has 0 spiro atoms. The topological polar surface area (TPSA) is 51.0 Å². The lowest BCUT2D eigenvalue weighted by Gasteiger charge is -2.20. The van der Waals surface area contributed by atoms with Gasteiger partial charge in [0.15, 0.2) is 0 Å². The summed E-state index contributed by atoms with van der Waals surface area (Å²) < 4.78 is 5.49. The van der Waals surface area contributed by atoms with E-state index in [4.69, 9.17) is 27.7 Å². The SMILES string of the molecule is CCC1(c2nc(-c3cc(Cl)cc(Cl)c3)no2)CCNC1. The van der Waals surface area contributed by atoms with Crippen LogP contribution in [0.25, 0.3) is 11.4 Å². The third-order valence-corrected chi connectivity index (χ3v) is 4.36. The number of hydrogen-bond acceptors (Lipinski definition) is 4. The van der Waals surface area contributed by atoms with Crippen molar-refractivity contribution in [3.05, 3.63) is 34.1 Å². The lowest BCUT2D eigenvalue weighted by Crippen LogP contribution is -2.28. The molecule has 106 valence electrons. The maximum Gasteiger partial charge on any atom is 0.234 e. The Morgan fingerprint density at radius 2 is 2.05 bits per heavy atom. The van der Waals surface area contributed by atoms with E-state index in [1.165, 1.54) is 0 Å². The van der Waals surface area contributed by atoms with Crippen LogP contribution in [0, 0.1) is 0 Å². The molecule has 0 bridgehead atoms. The highest BCUT2D eigenvalue weighted by molar-refractivity contribution is 6.35. The van der Waals surface area contributed by atoms with E-state index in [2.05, 4.69) is 22.4 Å². The second kappa shape index (κ2) is 5.35. The van der Waals surface area contributed by atoms with Crippen LogP contribution in [0.4, 0.5) is 0 Å². The zero-order chi connectivity index (χ0) is 14.2. The molecule has 6 heteroatoms. The van der Waals surface area contributed by atoms with Crippen LogP contribution in [0.15, 0.2) is 22.7 Å². The summed E-state index contributed by atoms with van der Waals surface area (Å²) in [6.07, 6.45) is 1.99. The van der Waals surface area contributed by atoms with Crippen molar-refractivity contribution in [1.82, 2.24) is 15.5 Å². The number of rotatable bonds is 3. The number of nitrogens with zero attached hydrogens (tertiary/aromatic N) is 2. The number of benzene rings is 1. The van der Waals surface area contributed by atoms with E-state index in [1.807, 2.05) is 0 Å². The first-order valence-electron chi connectivity index (χ1n) is 6.64. The highest BCUT2D eigenvalue weighted by atomic mass is 35.5. The molecule has 1 aromatic heterocycles. The van der Waals surface area contributed by atoms with Crippen LogP contribution >= 0.6 is 23.2 Å². The number of nitrogens with one attached hydrogen (secondary N) is 1. The first-order valence-corrected chi connectivity index (χ1v) is 7.40. The molecule has 1 unspecified atom stereocenters. The van der Waals surface area contributed by atoms with Crippen LogP contribution in [0.1, 0.15) is 25.7 Å². The van der Waals surface area contributed by atoms with Crippen LogP contribution in [-0.4, -0.2) is 23.2 Å². The van der Waals surface area contributed by atoms with Gasteiger partial charge in [0.2, 0.25) is 11.7 Å². The van der Waals surface area contributed by atoms with Crippen molar-refractivity contribution in [3.63, 3.8) is 0 Å². The van der Waals surface area contributed by atoms with Gasteiger partial charge in [0.1, 0.15) is 0 Å². The largest absolute Gasteiger partial charge is 0.338 e. The summed E-state index contributed by atoms with van der Waals surface area (Å²) in [5.74, 6) is 1.22. The summed E-state index contributed by atoms with van der Waals surface area (Å²) in [5.41, 5.74) is 0.725. The third kappa shape index (κ3) is 2.43. The van der Waals surface area contributed by atoms with Crippen molar-refractivity contribution < 1.29 is 4.52 Å². The monoisotopic (exact) mass is 311 g/mol. The molecule has 4 nitrogen and oxygen atoms in total. The Balaban J connectivity index is 1.97. The van der Waals surface area contributed by atoms with Crippen LogP contribution in [0.5, 0.6) is 0 Å². The van der Waals surface area contributed by atoms with Crippen LogP contribution in [0.3, 0.4) is 0 Å². The summed E-state index contributed by atoms with van der Waals surface area (Å²) in [6.45, 7) is 4.00. The Morgan fingerprint density at radius 1 is 1.30 bits per heavy atom. The minimum absolute atomic E-state index is 0.0480. The molecule has 1 aliphatic rings. The summed E-state index contributed by atoms with van der Waals surface area (Å²) in [4.78, 5) is 4.55. The maximum absolute atomic E-state index is 6.01. The second-order valence-corrected chi connectivity index (χ2v) is 6.01. The van der Waals surface area contributed by atoms with Crippen LogP contribution in [-0.2, 0) is 5.41 Å². The van der Waals surface area contributed by atoms with E-state index < -0.39 is 0 Å². The summed E-state index contributed by atoms with van der Waals surface area (Å²) in [7, 11) is 0. The third-order valence-electron chi connectivity index (χ3n) is 3.92. The lowest BCUT2D eigenvalue weighted by molar-refractivity contribution is 0.285. The molecule has 1 saturated heterocycles. The van der Waals surface area contributed by atoms with Gasteiger partial charge in [-0.05, 0) is 37.6 Å². The molecular formula is C14H15Cl2N3O. The van der Waals surface area contributed by atoms with E-state index in [0.717, 1.165) is 31.5 Å². The standard InChI is InChI=1S/C14H15Cl2N3O/c1-2-14(3-4-17-8-14)13-18-12(19-20-13)9-5-10(15)7-11(16)6-9/h5-7,17H,2-4,8H2,1H3. The van der Waals surface area contributed by atoms with E-state index in [-0.39, 0.29) is 5.41 Å². The molecule has 0 saturated carbocycles. The molecule has 0 radical (unpaired) electrons. The molecule has 0 aliphatic carbocycles. The first kappa shape index (κ1) is 13.9. The molecule has 1 atom stereocenters. The van der Waals surface area contributed by atoms with Crippen molar-refractivity contribution in [2.45, 2.75) is 25.2 Å². The van der Waals surface area contributed by atoms with Crippen molar-refractivity contribution in [3.8, 4) is 11.4 Å². The Bertz CT molecular complexity index is 600. The molecule has 3 rings (SSSR count). The Kier molecular flexibility index (Phi) is 3.71. The van der Waals surface area contributed by atoms with Gasteiger partial charge in [0.25, 0.3) is 0 Å². The molecule has 0 amide bonds. The molecule has 1 N–H and O–H groups in total. The minimum Gasteiger partial charge on any atom is -0.338 e. The number of aromatic nitrogens is 2. The molecule has 2 heterocycles. The summed E-state index contributed by atoms with van der Waals surface area (Å²) in [6, 6.07) is 5.25. The Labute approximate surface area is 127 Å². The zero-order valence-electron chi connectivity index (χ0n) is 11.1. The fourth-order valence-corrected chi connectivity index (χ4v) is 3.14. The Morgan fingerprint density at radius 3 is 2.65 bits per heavy atom. The van der Waals surface area contributed by atoms with E-state index >= 15 is 0 Å². The molecule has 1 aliphatic heterocycles. The quantitative estimate of drug-likeness (QED) is 0.939. The highest BCUT2D eigenvalue weighted by Gasteiger charge is 2.39. The van der Waals surface area contributed by atoms with Gasteiger partial charge >= 0.3 is 0 Å². The Hall–Kier alpha value is -1.10. The fraction of sp³-hybridized carbons (Fsp3) is 0.429. The smallest absolute Gasteiger partial charge is 0.234 e. The average Bonchev–Trinajstić information content (AvgIpc) is 3.07. The highest BCUT2D eigenvalue weighted by Crippen LogP contribution is 2.34. The van der Waals surface area contributed by atoms with Gasteiger partial charge in [-0.1, -0.05) is 35.3 Å². The van der Waals surface area contributed by atoms with Crippen LogP contribution < -0.4 is 5.32 Å². The van der Waals surface area contributed by atoms with Crippen LogP contribution in [0.2, 0.25) is 10.0 Å². The van der Waals surface area contributed by atoms with E-state index in [9.17, 15) is 0 Å². The maximum atomic E-state index is 6.01. The van der Waals surface area contributed by atoms with Crippen molar-refractivity contribution >= 4 is 23.2 Å². The average molecular weight is 312 g/mol.